The normalized spacial score (nSPS) is 10.2. The van der Waals surface area contributed by atoms with Crippen LogP contribution in [0.4, 0.5) is 0 Å². The summed E-state index contributed by atoms with van der Waals surface area (Å²) in [7, 11) is 0. The van der Waals surface area contributed by atoms with E-state index in [1.54, 1.807) is 6.20 Å². The molecular weight excluding hydrogens is 238 g/mol. The first-order valence-electron chi connectivity index (χ1n) is 6.06. The highest BCUT2D eigenvalue weighted by molar-refractivity contribution is 5.94. The molecule has 2 rings (SSSR count). The van der Waals surface area contributed by atoms with E-state index in [1.165, 1.54) is 5.56 Å². The number of hydrogen-bond donors (Lipinski definition) is 2. The maximum Gasteiger partial charge on any atom is 0.142 e. The third-order valence-electron chi connectivity index (χ3n) is 2.86. The minimum atomic E-state index is -0.0418. The van der Waals surface area contributed by atoms with Gasteiger partial charge in [-0.15, -0.1) is 0 Å². The lowest BCUT2D eigenvalue weighted by Gasteiger charge is -2.11. The first kappa shape index (κ1) is 13.1. The van der Waals surface area contributed by atoms with Gasteiger partial charge in [0.25, 0.3) is 0 Å². The molecule has 0 atom stereocenters. The lowest BCUT2D eigenvalue weighted by atomic mass is 10.1. The smallest absolute Gasteiger partial charge is 0.142 e. The summed E-state index contributed by atoms with van der Waals surface area (Å²) in [4.78, 5) is 4.10. The van der Waals surface area contributed by atoms with E-state index in [9.17, 15) is 0 Å². The summed E-state index contributed by atoms with van der Waals surface area (Å²) < 4.78 is 5.78. The Morgan fingerprint density at radius 1 is 1.32 bits per heavy atom. The van der Waals surface area contributed by atoms with Crippen LogP contribution in [0.2, 0.25) is 0 Å². The second-order valence-corrected chi connectivity index (χ2v) is 4.48. The second kappa shape index (κ2) is 5.52. The monoisotopic (exact) mass is 255 g/mol. The summed E-state index contributed by atoms with van der Waals surface area (Å²) in [5.41, 5.74) is 9.09. The van der Waals surface area contributed by atoms with Gasteiger partial charge in [-0.1, -0.05) is 23.8 Å². The van der Waals surface area contributed by atoms with Gasteiger partial charge in [0, 0.05) is 11.8 Å². The molecule has 0 amide bonds. The topological polar surface area (TPSA) is 72.0 Å². The largest absolute Gasteiger partial charge is 0.489 e. The summed E-state index contributed by atoms with van der Waals surface area (Å²) in [5, 5.41) is 7.49. The average Bonchev–Trinajstić information content (AvgIpc) is 2.38. The van der Waals surface area contributed by atoms with Gasteiger partial charge >= 0.3 is 0 Å². The van der Waals surface area contributed by atoms with Crippen LogP contribution in [0.1, 0.15) is 22.4 Å². The first-order chi connectivity index (χ1) is 9.08. The standard InChI is InChI=1S/C15H17N3O/c1-10-5-6-13(11(2)8-10)19-9-12-4-3-7-18-14(12)15(16)17/h3-8H,9H2,1-2H3,(H3,16,17). The van der Waals surface area contributed by atoms with E-state index in [2.05, 4.69) is 11.1 Å². The van der Waals surface area contributed by atoms with E-state index in [1.807, 2.05) is 38.1 Å². The average molecular weight is 255 g/mol. The Morgan fingerprint density at radius 2 is 2.11 bits per heavy atom. The molecule has 4 heteroatoms. The van der Waals surface area contributed by atoms with Gasteiger partial charge in [-0.05, 0) is 31.5 Å². The highest BCUT2D eigenvalue weighted by Gasteiger charge is 2.07. The Hall–Kier alpha value is -2.36. The molecule has 0 radical (unpaired) electrons. The van der Waals surface area contributed by atoms with Gasteiger partial charge in [-0.25, -0.2) is 0 Å². The summed E-state index contributed by atoms with van der Waals surface area (Å²) in [6.45, 7) is 4.41. The van der Waals surface area contributed by atoms with Gasteiger partial charge in [-0.2, -0.15) is 0 Å². The summed E-state index contributed by atoms with van der Waals surface area (Å²) in [5.74, 6) is 0.795. The van der Waals surface area contributed by atoms with Crippen molar-refractivity contribution in [3.8, 4) is 5.75 Å². The number of amidine groups is 1. The van der Waals surface area contributed by atoms with E-state index in [0.717, 1.165) is 16.9 Å². The quantitative estimate of drug-likeness (QED) is 0.651. The van der Waals surface area contributed by atoms with Gasteiger partial charge in [0.15, 0.2) is 0 Å². The Morgan fingerprint density at radius 3 is 2.79 bits per heavy atom. The molecule has 1 aromatic carbocycles. The fraction of sp³-hybridized carbons (Fsp3) is 0.200. The molecule has 4 nitrogen and oxygen atoms in total. The van der Waals surface area contributed by atoms with Crippen LogP contribution >= 0.6 is 0 Å². The molecule has 19 heavy (non-hydrogen) atoms. The van der Waals surface area contributed by atoms with Crippen LogP contribution in [0, 0.1) is 19.3 Å². The van der Waals surface area contributed by atoms with Crippen molar-refractivity contribution < 1.29 is 4.74 Å². The molecule has 0 saturated heterocycles. The molecule has 0 bridgehead atoms. The minimum absolute atomic E-state index is 0.0418. The van der Waals surface area contributed by atoms with Crippen molar-refractivity contribution in [2.24, 2.45) is 5.73 Å². The molecule has 0 spiro atoms. The van der Waals surface area contributed by atoms with E-state index >= 15 is 0 Å². The lowest BCUT2D eigenvalue weighted by molar-refractivity contribution is 0.303. The zero-order chi connectivity index (χ0) is 13.8. The number of nitrogens with zero attached hydrogens (tertiary/aromatic N) is 1. The van der Waals surface area contributed by atoms with Gasteiger partial charge in [0.2, 0.25) is 0 Å². The van der Waals surface area contributed by atoms with Crippen molar-refractivity contribution in [1.29, 1.82) is 5.41 Å². The van der Waals surface area contributed by atoms with Gasteiger partial charge in [0.1, 0.15) is 23.9 Å². The van der Waals surface area contributed by atoms with E-state index in [-0.39, 0.29) is 5.84 Å². The van der Waals surface area contributed by atoms with Gasteiger partial charge < -0.3 is 10.5 Å². The second-order valence-electron chi connectivity index (χ2n) is 4.48. The molecule has 98 valence electrons. The van der Waals surface area contributed by atoms with Crippen LogP contribution < -0.4 is 10.5 Å². The van der Waals surface area contributed by atoms with Crippen LogP contribution in [-0.2, 0) is 6.61 Å². The van der Waals surface area contributed by atoms with Crippen LogP contribution in [0.5, 0.6) is 5.75 Å². The van der Waals surface area contributed by atoms with Crippen LogP contribution in [0.25, 0.3) is 0 Å². The van der Waals surface area contributed by atoms with Crippen LogP contribution in [0.15, 0.2) is 36.5 Å². The van der Waals surface area contributed by atoms with Crippen molar-refractivity contribution in [3.63, 3.8) is 0 Å². The first-order valence-corrected chi connectivity index (χ1v) is 6.06. The fourth-order valence-electron chi connectivity index (χ4n) is 1.91. The Labute approximate surface area is 112 Å². The Bertz CT molecular complexity index is 608. The minimum Gasteiger partial charge on any atom is -0.489 e. The number of rotatable bonds is 4. The number of ether oxygens (including phenoxy) is 1. The van der Waals surface area contributed by atoms with Crippen molar-refractivity contribution in [2.45, 2.75) is 20.5 Å². The predicted molar refractivity (Wildman–Crippen MR) is 75.5 cm³/mol. The molecule has 0 fully saturated rings. The molecule has 0 unspecified atom stereocenters. The molecule has 1 heterocycles. The molecular formula is C15H17N3O. The molecule has 0 aliphatic rings. The highest BCUT2D eigenvalue weighted by atomic mass is 16.5. The van der Waals surface area contributed by atoms with Gasteiger partial charge in [-0.3, -0.25) is 10.4 Å². The van der Waals surface area contributed by atoms with Crippen molar-refractivity contribution in [3.05, 3.63) is 58.9 Å². The van der Waals surface area contributed by atoms with Gasteiger partial charge in [0.05, 0.1) is 0 Å². The van der Waals surface area contributed by atoms with Crippen LogP contribution in [-0.4, -0.2) is 10.8 Å². The Kier molecular flexibility index (Phi) is 3.80. The van der Waals surface area contributed by atoms with E-state index in [4.69, 9.17) is 15.9 Å². The number of pyridine rings is 1. The number of hydrogen-bond acceptors (Lipinski definition) is 3. The van der Waals surface area contributed by atoms with Crippen LogP contribution in [0.3, 0.4) is 0 Å². The number of nitrogens with two attached hydrogens (primary N) is 1. The summed E-state index contributed by atoms with van der Waals surface area (Å²) in [6, 6.07) is 9.72. The molecule has 2 aromatic rings. The molecule has 3 N–H and O–H groups in total. The molecule has 0 saturated carbocycles. The summed E-state index contributed by atoms with van der Waals surface area (Å²) in [6.07, 6.45) is 1.62. The number of benzene rings is 1. The number of aromatic nitrogens is 1. The SMILES string of the molecule is Cc1ccc(OCc2cccnc2C(=N)N)c(C)c1. The maximum absolute atomic E-state index is 7.49. The lowest BCUT2D eigenvalue weighted by Crippen LogP contribution is -2.16. The number of aryl methyl sites for hydroxylation is 2. The molecule has 1 aromatic heterocycles. The third-order valence-corrected chi connectivity index (χ3v) is 2.86. The maximum atomic E-state index is 7.49. The summed E-state index contributed by atoms with van der Waals surface area (Å²) >= 11 is 0. The Balaban J connectivity index is 2.17. The predicted octanol–water partition coefficient (Wildman–Crippen LogP) is 2.56. The highest BCUT2D eigenvalue weighted by Crippen LogP contribution is 2.20. The number of nitrogens with one attached hydrogen (secondary N) is 1. The number of nitrogen functional groups attached to an aromatic ring is 1. The molecule has 0 aliphatic carbocycles. The van der Waals surface area contributed by atoms with Crippen molar-refractivity contribution in [2.75, 3.05) is 0 Å². The van der Waals surface area contributed by atoms with E-state index < -0.39 is 0 Å². The molecule has 0 aliphatic heterocycles. The van der Waals surface area contributed by atoms with E-state index in [0.29, 0.717) is 12.3 Å². The van der Waals surface area contributed by atoms with Crippen molar-refractivity contribution >= 4 is 5.84 Å². The van der Waals surface area contributed by atoms with Crippen molar-refractivity contribution in [1.82, 2.24) is 4.98 Å². The zero-order valence-corrected chi connectivity index (χ0v) is 11.1. The third kappa shape index (κ3) is 3.10. The fourth-order valence-corrected chi connectivity index (χ4v) is 1.91. The zero-order valence-electron chi connectivity index (χ0n) is 11.1.